The first-order valence-corrected chi connectivity index (χ1v) is 7.51. The Kier molecular flexibility index (Phi) is 4.48. The molecule has 0 spiro atoms. The highest BCUT2D eigenvalue weighted by atomic mass is 15.2. The lowest BCUT2D eigenvalue weighted by Crippen LogP contribution is -2.44. The van der Waals surface area contributed by atoms with Crippen LogP contribution in [0.3, 0.4) is 0 Å². The lowest BCUT2D eigenvalue weighted by Gasteiger charge is -2.37. The minimum absolute atomic E-state index is 0.492. The highest BCUT2D eigenvalue weighted by Gasteiger charge is 2.26. The molecule has 2 fully saturated rings. The fourth-order valence-electron chi connectivity index (χ4n) is 3.11. The van der Waals surface area contributed by atoms with E-state index in [1.54, 1.807) is 0 Å². The van der Waals surface area contributed by atoms with Gasteiger partial charge in [-0.2, -0.15) is 0 Å². The van der Waals surface area contributed by atoms with Gasteiger partial charge in [0.15, 0.2) is 0 Å². The summed E-state index contributed by atoms with van der Waals surface area (Å²) in [6.07, 6.45) is 7.02. The van der Waals surface area contributed by atoms with Gasteiger partial charge >= 0.3 is 0 Å². The Hall–Kier alpha value is -0.0800. The van der Waals surface area contributed by atoms with Crippen LogP contribution in [0.2, 0.25) is 0 Å². The van der Waals surface area contributed by atoms with Crippen LogP contribution >= 0.6 is 0 Å². The Labute approximate surface area is 107 Å². The zero-order valence-electron chi connectivity index (χ0n) is 12.0. The fourth-order valence-corrected chi connectivity index (χ4v) is 3.11. The largest absolute Gasteiger partial charge is 0.303 e. The van der Waals surface area contributed by atoms with Crippen molar-refractivity contribution in [3.63, 3.8) is 0 Å². The van der Waals surface area contributed by atoms with Crippen LogP contribution in [0.4, 0.5) is 0 Å². The number of hydrogen-bond acceptors (Lipinski definition) is 2. The molecular weight excluding hydrogens is 208 g/mol. The van der Waals surface area contributed by atoms with Gasteiger partial charge in [0.05, 0.1) is 0 Å². The fraction of sp³-hybridized carbons (Fsp3) is 1.00. The van der Waals surface area contributed by atoms with E-state index in [9.17, 15) is 0 Å². The molecule has 0 aromatic heterocycles. The van der Waals surface area contributed by atoms with Gasteiger partial charge in [0.25, 0.3) is 0 Å². The molecule has 0 saturated carbocycles. The SMILES string of the molecule is CC(C)(C)CCN1CCC(N2CCCC2)CC1. The van der Waals surface area contributed by atoms with Crippen LogP contribution in [-0.2, 0) is 0 Å². The summed E-state index contributed by atoms with van der Waals surface area (Å²) in [6.45, 7) is 13.8. The van der Waals surface area contributed by atoms with Gasteiger partial charge in [-0.3, -0.25) is 0 Å². The first kappa shape index (κ1) is 13.4. The minimum Gasteiger partial charge on any atom is -0.303 e. The van der Waals surface area contributed by atoms with Crippen molar-refractivity contribution >= 4 is 0 Å². The molecule has 0 atom stereocenters. The molecule has 0 aromatic rings. The summed E-state index contributed by atoms with van der Waals surface area (Å²) in [4.78, 5) is 5.42. The Balaban J connectivity index is 1.67. The van der Waals surface area contributed by atoms with E-state index in [0.717, 1.165) is 6.04 Å². The molecule has 2 aliphatic heterocycles. The second-order valence-corrected chi connectivity index (χ2v) is 7.13. The van der Waals surface area contributed by atoms with Gasteiger partial charge < -0.3 is 9.80 Å². The van der Waals surface area contributed by atoms with Gasteiger partial charge in [0.1, 0.15) is 0 Å². The average molecular weight is 238 g/mol. The van der Waals surface area contributed by atoms with Crippen molar-refractivity contribution in [1.29, 1.82) is 0 Å². The maximum atomic E-state index is 2.74. The summed E-state index contributed by atoms with van der Waals surface area (Å²) >= 11 is 0. The monoisotopic (exact) mass is 238 g/mol. The number of nitrogens with zero attached hydrogens (tertiary/aromatic N) is 2. The summed E-state index contributed by atoms with van der Waals surface area (Å²) in [5, 5.41) is 0. The highest BCUT2D eigenvalue weighted by molar-refractivity contribution is 4.82. The van der Waals surface area contributed by atoms with E-state index in [4.69, 9.17) is 0 Å². The first-order valence-electron chi connectivity index (χ1n) is 7.51. The van der Waals surface area contributed by atoms with Gasteiger partial charge in [-0.15, -0.1) is 0 Å². The van der Waals surface area contributed by atoms with E-state index in [0.29, 0.717) is 5.41 Å². The average Bonchev–Trinajstić information content (AvgIpc) is 2.79. The lowest BCUT2D eigenvalue weighted by molar-refractivity contribution is 0.118. The van der Waals surface area contributed by atoms with Crippen molar-refractivity contribution in [3.05, 3.63) is 0 Å². The third-order valence-electron chi connectivity index (χ3n) is 4.39. The van der Waals surface area contributed by atoms with Crippen molar-refractivity contribution in [1.82, 2.24) is 9.80 Å². The molecule has 0 aliphatic carbocycles. The quantitative estimate of drug-likeness (QED) is 0.746. The number of likely N-dealkylation sites (tertiary alicyclic amines) is 2. The zero-order valence-corrected chi connectivity index (χ0v) is 12.0. The Morgan fingerprint density at radius 2 is 1.53 bits per heavy atom. The van der Waals surface area contributed by atoms with Crippen LogP contribution in [0, 0.1) is 5.41 Å². The highest BCUT2D eigenvalue weighted by Crippen LogP contribution is 2.23. The maximum Gasteiger partial charge on any atom is 0.0120 e. The van der Waals surface area contributed by atoms with Crippen molar-refractivity contribution in [2.24, 2.45) is 5.41 Å². The minimum atomic E-state index is 0.492. The summed E-state index contributed by atoms with van der Waals surface area (Å²) in [5.41, 5.74) is 0.492. The predicted octanol–water partition coefficient (Wildman–Crippen LogP) is 2.98. The predicted molar refractivity (Wildman–Crippen MR) is 74.3 cm³/mol. The van der Waals surface area contributed by atoms with E-state index < -0.39 is 0 Å². The molecule has 2 heteroatoms. The summed E-state index contributed by atoms with van der Waals surface area (Å²) in [7, 11) is 0. The number of piperidine rings is 1. The molecule has 0 aromatic carbocycles. The normalized spacial score (nSPS) is 25.6. The second kappa shape index (κ2) is 5.71. The van der Waals surface area contributed by atoms with Gasteiger partial charge in [0, 0.05) is 6.04 Å². The molecule has 0 bridgehead atoms. The Morgan fingerprint density at radius 1 is 0.941 bits per heavy atom. The topological polar surface area (TPSA) is 6.48 Å². The van der Waals surface area contributed by atoms with Crippen LogP contribution in [0.5, 0.6) is 0 Å². The molecule has 2 nitrogen and oxygen atoms in total. The van der Waals surface area contributed by atoms with E-state index in [1.165, 1.54) is 64.8 Å². The van der Waals surface area contributed by atoms with Crippen molar-refractivity contribution in [3.8, 4) is 0 Å². The van der Waals surface area contributed by atoms with Crippen LogP contribution < -0.4 is 0 Å². The molecule has 17 heavy (non-hydrogen) atoms. The van der Waals surface area contributed by atoms with E-state index >= 15 is 0 Å². The third kappa shape index (κ3) is 4.26. The van der Waals surface area contributed by atoms with Crippen LogP contribution in [0.1, 0.15) is 52.9 Å². The molecule has 0 amide bonds. The number of hydrogen-bond donors (Lipinski definition) is 0. The van der Waals surface area contributed by atoms with Crippen LogP contribution in [-0.4, -0.2) is 48.6 Å². The van der Waals surface area contributed by atoms with Crippen LogP contribution in [0.25, 0.3) is 0 Å². The van der Waals surface area contributed by atoms with Gasteiger partial charge in [-0.05, 0) is 70.2 Å². The Morgan fingerprint density at radius 3 is 2.06 bits per heavy atom. The molecule has 100 valence electrons. The molecular formula is C15H30N2. The van der Waals surface area contributed by atoms with Crippen LogP contribution in [0.15, 0.2) is 0 Å². The van der Waals surface area contributed by atoms with Gasteiger partial charge in [-0.1, -0.05) is 20.8 Å². The maximum absolute atomic E-state index is 2.74. The second-order valence-electron chi connectivity index (χ2n) is 7.13. The molecule has 2 saturated heterocycles. The van der Waals surface area contributed by atoms with E-state index in [2.05, 4.69) is 30.6 Å². The molecule has 2 heterocycles. The molecule has 2 aliphatic rings. The van der Waals surface area contributed by atoms with Gasteiger partial charge in [-0.25, -0.2) is 0 Å². The Bertz CT molecular complexity index is 218. The summed E-state index contributed by atoms with van der Waals surface area (Å²) < 4.78 is 0. The van der Waals surface area contributed by atoms with Crippen molar-refractivity contribution in [2.75, 3.05) is 32.7 Å². The third-order valence-corrected chi connectivity index (χ3v) is 4.39. The zero-order chi connectivity index (χ0) is 12.3. The summed E-state index contributed by atoms with van der Waals surface area (Å²) in [6, 6.07) is 0.906. The van der Waals surface area contributed by atoms with E-state index in [-0.39, 0.29) is 0 Å². The smallest absolute Gasteiger partial charge is 0.0120 e. The first-order chi connectivity index (χ1) is 8.04. The van der Waals surface area contributed by atoms with Gasteiger partial charge in [0.2, 0.25) is 0 Å². The molecule has 2 rings (SSSR count). The van der Waals surface area contributed by atoms with Crippen molar-refractivity contribution in [2.45, 2.75) is 58.9 Å². The lowest BCUT2D eigenvalue weighted by atomic mass is 9.91. The number of rotatable bonds is 3. The molecule has 0 radical (unpaired) electrons. The summed E-state index contributed by atoms with van der Waals surface area (Å²) in [5.74, 6) is 0. The van der Waals surface area contributed by atoms with E-state index in [1.807, 2.05) is 0 Å². The van der Waals surface area contributed by atoms with Crippen molar-refractivity contribution < 1.29 is 0 Å². The molecule has 0 unspecified atom stereocenters. The molecule has 0 N–H and O–H groups in total. The standard InChI is InChI=1S/C15H30N2/c1-15(2,3)8-13-16-11-6-14(7-12-16)17-9-4-5-10-17/h14H,4-13H2,1-3H3.